The van der Waals surface area contributed by atoms with Crippen LogP contribution in [0.15, 0.2) is 24.3 Å². The Balaban J connectivity index is 2.84. The first-order valence-corrected chi connectivity index (χ1v) is 5.39. The summed E-state index contributed by atoms with van der Waals surface area (Å²) in [6.45, 7) is 5.86. The molecule has 16 heavy (non-hydrogen) atoms. The van der Waals surface area contributed by atoms with E-state index in [1.807, 2.05) is 24.3 Å². The van der Waals surface area contributed by atoms with E-state index in [1.54, 1.807) is 6.92 Å². The van der Waals surface area contributed by atoms with Gasteiger partial charge in [-0.15, -0.1) is 0 Å². The predicted molar refractivity (Wildman–Crippen MR) is 62.6 cm³/mol. The third-order valence-corrected chi connectivity index (χ3v) is 2.38. The van der Waals surface area contributed by atoms with Crippen LogP contribution in [0.1, 0.15) is 32.3 Å². The quantitative estimate of drug-likeness (QED) is 0.735. The van der Waals surface area contributed by atoms with Crippen LogP contribution >= 0.6 is 0 Å². The summed E-state index contributed by atoms with van der Waals surface area (Å²) in [7, 11) is 1.36. The van der Waals surface area contributed by atoms with E-state index in [9.17, 15) is 4.79 Å². The largest absolute Gasteiger partial charge is 0.479 e. The highest BCUT2D eigenvalue weighted by Crippen LogP contribution is 2.26. The number of benzene rings is 1. The second kappa shape index (κ2) is 5.54. The molecule has 3 heteroatoms. The number of para-hydroxylation sites is 1. The zero-order valence-electron chi connectivity index (χ0n) is 10.2. The molecule has 1 atom stereocenters. The minimum Gasteiger partial charge on any atom is -0.479 e. The normalized spacial score (nSPS) is 12.3. The van der Waals surface area contributed by atoms with Crippen LogP contribution in [0.5, 0.6) is 5.75 Å². The first-order chi connectivity index (χ1) is 7.56. The molecule has 0 aliphatic heterocycles. The lowest BCUT2D eigenvalue weighted by Crippen LogP contribution is -2.25. The van der Waals surface area contributed by atoms with Crippen molar-refractivity contribution in [3.05, 3.63) is 29.8 Å². The summed E-state index contributed by atoms with van der Waals surface area (Å²) >= 11 is 0. The van der Waals surface area contributed by atoms with Crippen molar-refractivity contribution in [1.82, 2.24) is 0 Å². The summed E-state index contributed by atoms with van der Waals surface area (Å²) in [5.74, 6) is 0.745. The Labute approximate surface area is 96.4 Å². The molecule has 0 bridgehead atoms. The Kier molecular flexibility index (Phi) is 4.35. The summed E-state index contributed by atoms with van der Waals surface area (Å²) < 4.78 is 10.2. The summed E-state index contributed by atoms with van der Waals surface area (Å²) in [4.78, 5) is 11.3. The van der Waals surface area contributed by atoms with E-state index in [2.05, 4.69) is 18.6 Å². The van der Waals surface area contributed by atoms with Gasteiger partial charge in [0, 0.05) is 0 Å². The smallest absolute Gasteiger partial charge is 0.346 e. The summed E-state index contributed by atoms with van der Waals surface area (Å²) in [6.07, 6.45) is -0.579. The fraction of sp³-hybridized carbons (Fsp3) is 0.462. The number of carbonyl (C=O) groups excluding carboxylic acids is 1. The van der Waals surface area contributed by atoms with Crippen LogP contribution in [-0.2, 0) is 9.53 Å². The summed E-state index contributed by atoms with van der Waals surface area (Å²) in [5.41, 5.74) is 1.10. The van der Waals surface area contributed by atoms with Gasteiger partial charge in [-0.05, 0) is 24.5 Å². The molecule has 0 N–H and O–H groups in total. The summed E-state index contributed by atoms with van der Waals surface area (Å²) in [6, 6.07) is 7.73. The average Bonchev–Trinajstić information content (AvgIpc) is 2.28. The zero-order chi connectivity index (χ0) is 12.1. The van der Waals surface area contributed by atoms with Crippen molar-refractivity contribution in [3.63, 3.8) is 0 Å². The van der Waals surface area contributed by atoms with Gasteiger partial charge in [0.25, 0.3) is 0 Å². The topological polar surface area (TPSA) is 35.5 Å². The fourth-order valence-corrected chi connectivity index (χ4v) is 1.47. The maximum atomic E-state index is 11.3. The van der Waals surface area contributed by atoms with Gasteiger partial charge in [-0.2, -0.15) is 0 Å². The zero-order valence-corrected chi connectivity index (χ0v) is 10.2. The highest BCUT2D eigenvalue weighted by molar-refractivity contribution is 5.74. The van der Waals surface area contributed by atoms with Gasteiger partial charge in [0.15, 0.2) is 6.10 Å². The van der Waals surface area contributed by atoms with E-state index in [-0.39, 0.29) is 5.97 Å². The van der Waals surface area contributed by atoms with Gasteiger partial charge in [-0.25, -0.2) is 4.79 Å². The van der Waals surface area contributed by atoms with Gasteiger partial charge in [0.1, 0.15) is 5.75 Å². The molecular weight excluding hydrogens is 204 g/mol. The van der Waals surface area contributed by atoms with Gasteiger partial charge in [-0.3, -0.25) is 0 Å². The van der Waals surface area contributed by atoms with Crippen LogP contribution in [0.3, 0.4) is 0 Å². The van der Waals surface area contributed by atoms with E-state index < -0.39 is 6.10 Å². The first kappa shape index (κ1) is 12.6. The van der Waals surface area contributed by atoms with Crippen molar-refractivity contribution in [3.8, 4) is 5.75 Å². The SMILES string of the molecule is COC(=O)[C@H](C)Oc1ccccc1C(C)C. The van der Waals surface area contributed by atoms with E-state index in [0.29, 0.717) is 5.92 Å². The fourth-order valence-electron chi connectivity index (χ4n) is 1.47. The Morgan fingerprint density at radius 3 is 2.38 bits per heavy atom. The minimum absolute atomic E-state index is 0.362. The Morgan fingerprint density at radius 2 is 1.81 bits per heavy atom. The molecule has 0 spiro atoms. The molecule has 0 aliphatic rings. The molecule has 0 radical (unpaired) electrons. The maximum Gasteiger partial charge on any atom is 0.346 e. The van der Waals surface area contributed by atoms with Gasteiger partial charge >= 0.3 is 5.97 Å². The van der Waals surface area contributed by atoms with E-state index >= 15 is 0 Å². The van der Waals surface area contributed by atoms with Crippen LogP contribution in [0.25, 0.3) is 0 Å². The standard InChI is InChI=1S/C13H18O3/c1-9(2)11-7-5-6-8-12(11)16-10(3)13(14)15-4/h5-10H,1-4H3/t10-/m0/s1. The Bertz CT molecular complexity index is 358. The number of hydrogen-bond donors (Lipinski definition) is 0. The van der Waals surface area contributed by atoms with E-state index in [4.69, 9.17) is 4.74 Å². The number of carbonyl (C=O) groups is 1. The van der Waals surface area contributed by atoms with Gasteiger partial charge in [0.05, 0.1) is 7.11 Å². The maximum absolute atomic E-state index is 11.3. The molecule has 3 nitrogen and oxygen atoms in total. The minimum atomic E-state index is -0.579. The monoisotopic (exact) mass is 222 g/mol. The molecule has 0 unspecified atom stereocenters. The number of ether oxygens (including phenoxy) is 2. The number of esters is 1. The number of methoxy groups -OCH3 is 1. The van der Waals surface area contributed by atoms with Gasteiger partial charge in [0.2, 0.25) is 0 Å². The van der Waals surface area contributed by atoms with Crippen LogP contribution in [0, 0.1) is 0 Å². The molecule has 0 aromatic heterocycles. The van der Waals surface area contributed by atoms with Crippen molar-refractivity contribution in [1.29, 1.82) is 0 Å². The highest BCUT2D eigenvalue weighted by atomic mass is 16.6. The van der Waals surface area contributed by atoms with E-state index in [1.165, 1.54) is 7.11 Å². The molecule has 0 aliphatic carbocycles. The lowest BCUT2D eigenvalue weighted by atomic mass is 10.0. The molecular formula is C13H18O3. The average molecular weight is 222 g/mol. The lowest BCUT2D eigenvalue weighted by molar-refractivity contribution is -0.147. The second-order valence-corrected chi connectivity index (χ2v) is 3.98. The van der Waals surface area contributed by atoms with Crippen LogP contribution in [-0.4, -0.2) is 19.2 Å². The molecule has 0 amide bonds. The molecule has 0 saturated heterocycles. The Morgan fingerprint density at radius 1 is 1.19 bits per heavy atom. The van der Waals surface area contributed by atoms with Crippen molar-refractivity contribution < 1.29 is 14.3 Å². The van der Waals surface area contributed by atoms with Crippen molar-refractivity contribution >= 4 is 5.97 Å². The molecule has 0 heterocycles. The molecule has 1 rings (SSSR count). The molecule has 88 valence electrons. The van der Waals surface area contributed by atoms with Gasteiger partial charge < -0.3 is 9.47 Å². The van der Waals surface area contributed by atoms with Crippen molar-refractivity contribution in [2.75, 3.05) is 7.11 Å². The van der Waals surface area contributed by atoms with Crippen LogP contribution < -0.4 is 4.74 Å². The third kappa shape index (κ3) is 2.99. The van der Waals surface area contributed by atoms with Crippen LogP contribution in [0.2, 0.25) is 0 Å². The third-order valence-electron chi connectivity index (χ3n) is 2.38. The van der Waals surface area contributed by atoms with Gasteiger partial charge in [-0.1, -0.05) is 32.0 Å². The molecule has 0 fully saturated rings. The second-order valence-electron chi connectivity index (χ2n) is 3.98. The Hall–Kier alpha value is -1.51. The molecule has 1 aromatic rings. The van der Waals surface area contributed by atoms with E-state index in [0.717, 1.165) is 11.3 Å². The molecule has 0 saturated carbocycles. The first-order valence-electron chi connectivity index (χ1n) is 5.39. The van der Waals surface area contributed by atoms with Crippen LogP contribution in [0.4, 0.5) is 0 Å². The van der Waals surface area contributed by atoms with Crippen molar-refractivity contribution in [2.45, 2.75) is 32.8 Å². The molecule has 1 aromatic carbocycles. The van der Waals surface area contributed by atoms with Crippen molar-refractivity contribution in [2.24, 2.45) is 0 Å². The number of hydrogen-bond acceptors (Lipinski definition) is 3. The highest BCUT2D eigenvalue weighted by Gasteiger charge is 2.17. The predicted octanol–water partition coefficient (Wildman–Crippen LogP) is 2.75. The number of rotatable bonds is 4. The lowest BCUT2D eigenvalue weighted by Gasteiger charge is -2.17. The summed E-state index contributed by atoms with van der Waals surface area (Å²) in [5, 5.41) is 0.